The van der Waals surface area contributed by atoms with Crippen LogP contribution in [-0.4, -0.2) is 46.5 Å². The fraction of sp³-hybridized carbons (Fsp3) is 0.375. The van der Waals surface area contributed by atoms with E-state index in [1.807, 2.05) is 24.0 Å². The Hall–Kier alpha value is -2.93. The van der Waals surface area contributed by atoms with E-state index in [-0.39, 0.29) is 6.03 Å². The minimum atomic E-state index is -0.0344. The number of nitrogens with one attached hydrogen (secondary N) is 1. The number of hydrogen-bond donors (Lipinski definition) is 1. The normalized spacial score (nSPS) is 14.4. The average Bonchev–Trinajstić information content (AvgIpc) is 3.07. The second-order valence-electron chi connectivity index (χ2n) is 8.16. The van der Waals surface area contributed by atoms with Gasteiger partial charge in [-0.3, -0.25) is 0 Å². The molecule has 6 nitrogen and oxygen atoms in total. The summed E-state index contributed by atoms with van der Waals surface area (Å²) in [4.78, 5) is 21.7. The van der Waals surface area contributed by atoms with Gasteiger partial charge in [0.05, 0.1) is 0 Å². The fourth-order valence-electron chi connectivity index (χ4n) is 3.73. The van der Waals surface area contributed by atoms with E-state index in [2.05, 4.69) is 58.8 Å². The molecule has 1 saturated heterocycles. The molecule has 0 aliphatic carbocycles. The molecule has 0 bridgehead atoms. The summed E-state index contributed by atoms with van der Waals surface area (Å²) >= 11 is 1.45. The largest absolute Gasteiger partial charge is 0.345 e. The number of nitrogens with zero attached hydrogens (tertiary/aromatic N) is 4. The van der Waals surface area contributed by atoms with E-state index in [1.165, 1.54) is 28.2 Å². The van der Waals surface area contributed by atoms with E-state index in [0.717, 1.165) is 54.7 Å². The standard InChI is InChI=1S/C24H29N5OS/c1-17-8-10-20(11-9-17)16-22-26-24(31-27-22)29-13-5-12-28(14-15-29)23(30)25-21-7-4-6-18(2)19(21)3/h4,6-11H,5,12-16H2,1-3H3,(H,25,30). The number of urea groups is 1. The molecule has 162 valence electrons. The van der Waals surface area contributed by atoms with Gasteiger partial charge in [-0.2, -0.15) is 4.37 Å². The van der Waals surface area contributed by atoms with Crippen LogP contribution in [0.4, 0.5) is 15.6 Å². The number of amides is 2. The van der Waals surface area contributed by atoms with Crippen LogP contribution in [0, 0.1) is 20.8 Å². The molecule has 31 heavy (non-hydrogen) atoms. The number of aromatic nitrogens is 2. The molecule has 1 aliphatic heterocycles. The number of hydrogen-bond acceptors (Lipinski definition) is 5. The fourth-order valence-corrected chi connectivity index (χ4v) is 4.46. The van der Waals surface area contributed by atoms with Crippen molar-refractivity contribution in [3.8, 4) is 0 Å². The first-order chi connectivity index (χ1) is 15.0. The zero-order valence-electron chi connectivity index (χ0n) is 18.4. The van der Waals surface area contributed by atoms with Crippen molar-refractivity contribution in [2.45, 2.75) is 33.6 Å². The Morgan fingerprint density at radius 1 is 1.03 bits per heavy atom. The molecule has 2 heterocycles. The minimum Gasteiger partial charge on any atom is -0.345 e. The third kappa shape index (κ3) is 5.22. The van der Waals surface area contributed by atoms with Crippen molar-refractivity contribution < 1.29 is 4.79 Å². The van der Waals surface area contributed by atoms with Crippen molar-refractivity contribution in [3.05, 3.63) is 70.5 Å². The highest BCUT2D eigenvalue weighted by atomic mass is 32.1. The molecule has 1 aliphatic rings. The summed E-state index contributed by atoms with van der Waals surface area (Å²) in [6.45, 7) is 9.24. The molecule has 2 amide bonds. The van der Waals surface area contributed by atoms with Gasteiger partial charge in [0.1, 0.15) is 5.82 Å². The molecule has 0 spiro atoms. The molecular formula is C24H29N5OS. The molecule has 1 N–H and O–H groups in total. The molecule has 2 aromatic carbocycles. The van der Waals surface area contributed by atoms with Gasteiger partial charge in [-0.05, 0) is 49.9 Å². The number of anilines is 2. The highest BCUT2D eigenvalue weighted by Gasteiger charge is 2.22. The monoisotopic (exact) mass is 435 g/mol. The summed E-state index contributed by atoms with van der Waals surface area (Å²) in [5.41, 5.74) is 5.65. The maximum atomic E-state index is 12.8. The summed E-state index contributed by atoms with van der Waals surface area (Å²) in [7, 11) is 0. The summed E-state index contributed by atoms with van der Waals surface area (Å²) in [5, 5.41) is 4.02. The number of carbonyl (C=O) groups excluding carboxylic acids is 1. The summed E-state index contributed by atoms with van der Waals surface area (Å²) < 4.78 is 4.56. The quantitative estimate of drug-likeness (QED) is 0.640. The molecule has 0 saturated carbocycles. The lowest BCUT2D eigenvalue weighted by Crippen LogP contribution is -2.38. The molecule has 0 radical (unpaired) electrons. The van der Waals surface area contributed by atoms with E-state index < -0.39 is 0 Å². The molecule has 0 atom stereocenters. The summed E-state index contributed by atoms with van der Waals surface area (Å²) in [5.74, 6) is 0.859. The van der Waals surface area contributed by atoms with Crippen LogP contribution in [0.1, 0.15) is 34.5 Å². The van der Waals surface area contributed by atoms with Gasteiger partial charge in [-0.1, -0.05) is 42.0 Å². The Morgan fingerprint density at radius 3 is 2.65 bits per heavy atom. The molecule has 3 aromatic rings. The predicted molar refractivity (Wildman–Crippen MR) is 127 cm³/mol. The second-order valence-corrected chi connectivity index (χ2v) is 8.89. The molecule has 1 fully saturated rings. The van der Waals surface area contributed by atoms with Gasteiger partial charge in [0, 0.05) is 49.8 Å². The Morgan fingerprint density at radius 2 is 1.84 bits per heavy atom. The molecular weight excluding hydrogens is 406 g/mol. The number of carbonyl (C=O) groups is 1. The number of rotatable bonds is 4. The predicted octanol–water partition coefficient (Wildman–Crippen LogP) is 4.80. The first-order valence-corrected chi connectivity index (χ1v) is 11.5. The third-order valence-corrected chi connectivity index (χ3v) is 6.65. The van der Waals surface area contributed by atoms with Crippen molar-refractivity contribution in [1.29, 1.82) is 0 Å². The van der Waals surface area contributed by atoms with Crippen molar-refractivity contribution in [1.82, 2.24) is 14.3 Å². The first-order valence-electron chi connectivity index (χ1n) is 10.7. The lowest BCUT2D eigenvalue weighted by atomic mass is 10.1. The van der Waals surface area contributed by atoms with Gasteiger partial charge in [0.25, 0.3) is 0 Å². The van der Waals surface area contributed by atoms with E-state index in [0.29, 0.717) is 6.54 Å². The van der Waals surface area contributed by atoms with Gasteiger partial charge in [0.15, 0.2) is 0 Å². The van der Waals surface area contributed by atoms with Crippen molar-refractivity contribution >= 4 is 28.4 Å². The van der Waals surface area contributed by atoms with E-state index in [4.69, 9.17) is 4.98 Å². The van der Waals surface area contributed by atoms with E-state index >= 15 is 0 Å². The Kier molecular flexibility index (Phi) is 6.51. The maximum absolute atomic E-state index is 12.8. The summed E-state index contributed by atoms with van der Waals surface area (Å²) in [6, 6.07) is 14.5. The highest BCUT2D eigenvalue weighted by Crippen LogP contribution is 2.22. The SMILES string of the molecule is Cc1ccc(Cc2nsc(N3CCCN(C(=O)Nc4cccc(C)c4C)CC3)n2)cc1. The molecule has 7 heteroatoms. The minimum absolute atomic E-state index is 0.0344. The van der Waals surface area contributed by atoms with Crippen LogP contribution in [0.5, 0.6) is 0 Å². The van der Waals surface area contributed by atoms with Crippen LogP contribution in [-0.2, 0) is 6.42 Å². The Labute approximate surface area is 188 Å². The van der Waals surface area contributed by atoms with Crippen molar-refractivity contribution in [3.63, 3.8) is 0 Å². The second kappa shape index (κ2) is 9.47. The Bertz CT molecular complexity index is 1050. The average molecular weight is 436 g/mol. The highest BCUT2D eigenvalue weighted by molar-refractivity contribution is 7.09. The van der Waals surface area contributed by atoms with E-state index in [9.17, 15) is 4.79 Å². The van der Waals surface area contributed by atoms with Crippen LogP contribution >= 0.6 is 11.5 Å². The summed E-state index contributed by atoms with van der Waals surface area (Å²) in [6.07, 6.45) is 1.65. The molecule has 0 unspecified atom stereocenters. The van der Waals surface area contributed by atoms with Gasteiger partial charge in [-0.25, -0.2) is 9.78 Å². The first kappa shape index (κ1) is 21.3. The zero-order valence-corrected chi connectivity index (χ0v) is 19.2. The van der Waals surface area contributed by atoms with Gasteiger partial charge in [-0.15, -0.1) is 0 Å². The smallest absolute Gasteiger partial charge is 0.321 e. The van der Waals surface area contributed by atoms with Crippen LogP contribution in [0.3, 0.4) is 0 Å². The maximum Gasteiger partial charge on any atom is 0.321 e. The van der Waals surface area contributed by atoms with Crippen LogP contribution in [0.25, 0.3) is 0 Å². The molecule has 1 aromatic heterocycles. The van der Waals surface area contributed by atoms with Crippen LogP contribution < -0.4 is 10.2 Å². The lowest BCUT2D eigenvalue weighted by Gasteiger charge is -2.22. The van der Waals surface area contributed by atoms with Gasteiger partial charge < -0.3 is 15.1 Å². The van der Waals surface area contributed by atoms with Crippen LogP contribution in [0.15, 0.2) is 42.5 Å². The number of aryl methyl sites for hydroxylation is 2. The van der Waals surface area contributed by atoms with Crippen molar-refractivity contribution in [2.75, 3.05) is 36.4 Å². The zero-order chi connectivity index (χ0) is 21.8. The van der Waals surface area contributed by atoms with Gasteiger partial charge in [0.2, 0.25) is 5.13 Å². The third-order valence-electron chi connectivity index (χ3n) is 5.84. The van der Waals surface area contributed by atoms with E-state index in [1.54, 1.807) is 0 Å². The van der Waals surface area contributed by atoms with Crippen molar-refractivity contribution in [2.24, 2.45) is 0 Å². The van der Waals surface area contributed by atoms with Crippen LogP contribution in [0.2, 0.25) is 0 Å². The lowest BCUT2D eigenvalue weighted by molar-refractivity contribution is 0.215. The van der Waals surface area contributed by atoms with Gasteiger partial charge >= 0.3 is 6.03 Å². The Balaban J connectivity index is 1.35. The topological polar surface area (TPSA) is 61.4 Å². The molecule has 4 rings (SSSR count). The number of benzene rings is 2.